The third kappa shape index (κ3) is 8.47. The number of carbonyl (C=O) groups excluding carboxylic acids is 1. The van der Waals surface area contributed by atoms with Gasteiger partial charge in [0.1, 0.15) is 0 Å². The molecule has 8 heteroatoms. The zero-order valence-electron chi connectivity index (χ0n) is 17.4. The van der Waals surface area contributed by atoms with Gasteiger partial charge in [0, 0.05) is 24.0 Å². The van der Waals surface area contributed by atoms with E-state index in [0.29, 0.717) is 11.4 Å². The number of unbranched alkanes of at least 4 members (excludes halogenated alkanes) is 4. The molecular weight excluding hydrogens is 412 g/mol. The Morgan fingerprint density at radius 2 is 1.71 bits per heavy atom. The SMILES string of the molecule is CCCCCCCc1cnc(-c2ccc(C=CC(=O)OCC(F)(F)C(F)F)cc2)nc1. The van der Waals surface area contributed by atoms with Gasteiger partial charge in [-0.3, -0.25) is 0 Å². The van der Waals surface area contributed by atoms with Crippen LogP contribution < -0.4 is 0 Å². The van der Waals surface area contributed by atoms with Crippen LogP contribution in [0.4, 0.5) is 17.6 Å². The van der Waals surface area contributed by atoms with Gasteiger partial charge >= 0.3 is 18.3 Å². The largest absolute Gasteiger partial charge is 0.456 e. The van der Waals surface area contributed by atoms with Crippen LogP contribution >= 0.6 is 0 Å². The Morgan fingerprint density at radius 3 is 2.32 bits per heavy atom. The molecule has 1 aromatic carbocycles. The summed E-state index contributed by atoms with van der Waals surface area (Å²) in [5.41, 5.74) is 2.48. The van der Waals surface area contributed by atoms with E-state index in [1.54, 1.807) is 24.3 Å². The number of benzene rings is 1. The summed E-state index contributed by atoms with van der Waals surface area (Å²) < 4.78 is 53.7. The molecule has 0 fully saturated rings. The van der Waals surface area contributed by atoms with Gasteiger partial charge in [-0.15, -0.1) is 0 Å². The average Bonchev–Trinajstić information content (AvgIpc) is 2.77. The van der Waals surface area contributed by atoms with Crippen LogP contribution in [0.2, 0.25) is 0 Å². The second-order valence-corrected chi connectivity index (χ2v) is 7.20. The lowest BCUT2D eigenvalue weighted by Crippen LogP contribution is -2.33. The van der Waals surface area contributed by atoms with Crippen molar-refractivity contribution >= 4 is 12.0 Å². The number of alkyl halides is 4. The Morgan fingerprint density at radius 1 is 1.06 bits per heavy atom. The number of rotatable bonds is 12. The molecule has 1 heterocycles. The molecule has 0 bridgehead atoms. The fourth-order valence-corrected chi connectivity index (χ4v) is 2.75. The van der Waals surface area contributed by atoms with Crippen molar-refractivity contribution in [2.24, 2.45) is 0 Å². The van der Waals surface area contributed by atoms with Crippen molar-refractivity contribution in [3.8, 4) is 11.4 Å². The normalized spacial score (nSPS) is 11.9. The van der Waals surface area contributed by atoms with Crippen molar-refractivity contribution in [2.75, 3.05) is 6.61 Å². The predicted octanol–water partition coefficient (Wildman–Crippen LogP) is 6.11. The van der Waals surface area contributed by atoms with Crippen molar-refractivity contribution < 1.29 is 27.1 Å². The van der Waals surface area contributed by atoms with Crippen LogP contribution in [0.15, 0.2) is 42.7 Å². The maximum Gasteiger partial charge on any atom is 0.340 e. The van der Waals surface area contributed by atoms with E-state index >= 15 is 0 Å². The summed E-state index contributed by atoms with van der Waals surface area (Å²) in [6.45, 7) is 0.520. The van der Waals surface area contributed by atoms with E-state index in [4.69, 9.17) is 0 Å². The second-order valence-electron chi connectivity index (χ2n) is 7.20. The van der Waals surface area contributed by atoms with E-state index in [1.165, 1.54) is 31.8 Å². The van der Waals surface area contributed by atoms with Gasteiger partial charge in [0.25, 0.3) is 0 Å². The number of hydrogen-bond donors (Lipinski definition) is 0. The summed E-state index contributed by atoms with van der Waals surface area (Å²) in [7, 11) is 0. The highest BCUT2D eigenvalue weighted by molar-refractivity contribution is 5.87. The van der Waals surface area contributed by atoms with E-state index in [9.17, 15) is 22.4 Å². The minimum Gasteiger partial charge on any atom is -0.456 e. The third-order valence-corrected chi connectivity index (χ3v) is 4.58. The lowest BCUT2D eigenvalue weighted by atomic mass is 10.1. The fraction of sp³-hybridized carbons (Fsp3) is 0.435. The van der Waals surface area contributed by atoms with Gasteiger partial charge < -0.3 is 4.74 Å². The van der Waals surface area contributed by atoms with Crippen molar-refractivity contribution in [3.05, 3.63) is 53.9 Å². The molecule has 0 atom stereocenters. The Balaban J connectivity index is 1.85. The molecule has 2 aromatic rings. The first-order chi connectivity index (χ1) is 14.8. The van der Waals surface area contributed by atoms with Gasteiger partial charge in [0.2, 0.25) is 0 Å². The first-order valence-corrected chi connectivity index (χ1v) is 10.2. The minimum atomic E-state index is -4.37. The van der Waals surface area contributed by atoms with E-state index in [2.05, 4.69) is 21.6 Å². The fourth-order valence-electron chi connectivity index (χ4n) is 2.75. The lowest BCUT2D eigenvalue weighted by Gasteiger charge is -2.14. The van der Waals surface area contributed by atoms with E-state index in [0.717, 1.165) is 30.0 Å². The van der Waals surface area contributed by atoms with Gasteiger partial charge in [-0.2, -0.15) is 8.78 Å². The molecule has 0 radical (unpaired) electrons. The number of nitrogens with zero attached hydrogens (tertiary/aromatic N) is 2. The number of esters is 1. The molecule has 0 amide bonds. The molecular formula is C23H26F4N2O2. The van der Waals surface area contributed by atoms with E-state index in [-0.39, 0.29) is 0 Å². The van der Waals surface area contributed by atoms with Gasteiger partial charge in [-0.05, 0) is 30.0 Å². The number of aryl methyl sites for hydroxylation is 1. The number of halogens is 4. The zero-order valence-corrected chi connectivity index (χ0v) is 17.4. The molecule has 4 nitrogen and oxygen atoms in total. The molecule has 0 aliphatic rings. The molecule has 0 unspecified atom stereocenters. The van der Waals surface area contributed by atoms with Crippen LogP contribution in [0.1, 0.15) is 50.2 Å². The van der Waals surface area contributed by atoms with Gasteiger partial charge in [-0.1, -0.05) is 56.9 Å². The zero-order chi connectivity index (χ0) is 22.7. The average molecular weight is 438 g/mol. The quantitative estimate of drug-likeness (QED) is 0.174. The number of carbonyl (C=O) groups is 1. The maximum absolute atomic E-state index is 12.7. The summed E-state index contributed by atoms with van der Waals surface area (Å²) in [6.07, 6.45) is 8.99. The summed E-state index contributed by atoms with van der Waals surface area (Å²) in [4.78, 5) is 20.2. The predicted molar refractivity (Wildman–Crippen MR) is 111 cm³/mol. The summed E-state index contributed by atoms with van der Waals surface area (Å²) in [5, 5.41) is 0. The van der Waals surface area contributed by atoms with Crippen LogP contribution in [0, 0.1) is 0 Å². The Bertz CT molecular complexity index is 838. The van der Waals surface area contributed by atoms with Crippen molar-refractivity contribution in [3.63, 3.8) is 0 Å². The molecule has 2 rings (SSSR count). The highest BCUT2D eigenvalue weighted by atomic mass is 19.3. The van der Waals surface area contributed by atoms with Crippen LogP contribution in [0.25, 0.3) is 17.5 Å². The number of aromatic nitrogens is 2. The van der Waals surface area contributed by atoms with E-state index < -0.39 is 24.9 Å². The van der Waals surface area contributed by atoms with Crippen LogP contribution in [-0.2, 0) is 16.0 Å². The lowest BCUT2D eigenvalue weighted by molar-refractivity contribution is -0.175. The summed E-state index contributed by atoms with van der Waals surface area (Å²) in [6, 6.07) is 6.90. The molecule has 0 spiro atoms. The van der Waals surface area contributed by atoms with Crippen molar-refractivity contribution in [1.82, 2.24) is 9.97 Å². The summed E-state index contributed by atoms with van der Waals surface area (Å²) >= 11 is 0. The van der Waals surface area contributed by atoms with Gasteiger partial charge in [0.05, 0.1) is 0 Å². The molecule has 0 saturated heterocycles. The molecule has 0 N–H and O–H groups in total. The molecule has 168 valence electrons. The van der Waals surface area contributed by atoms with E-state index in [1.807, 2.05) is 12.4 Å². The molecule has 0 aliphatic carbocycles. The standard InChI is InChI=1S/C23H26F4N2O2/c1-2-3-4-5-6-7-18-14-28-21(29-15-18)19-11-8-17(9-12-19)10-13-20(30)31-16-23(26,27)22(24)25/h8-15,22H,2-7,16H2,1H3. The summed E-state index contributed by atoms with van der Waals surface area (Å²) in [5.74, 6) is -4.92. The van der Waals surface area contributed by atoms with Crippen LogP contribution in [-0.4, -0.2) is 34.9 Å². The highest BCUT2D eigenvalue weighted by Gasteiger charge is 2.42. The third-order valence-electron chi connectivity index (χ3n) is 4.58. The Kier molecular flexibility index (Phi) is 9.62. The molecule has 1 aromatic heterocycles. The van der Waals surface area contributed by atoms with Gasteiger partial charge in [-0.25, -0.2) is 23.5 Å². The monoisotopic (exact) mass is 438 g/mol. The first kappa shape index (κ1) is 24.5. The molecule has 31 heavy (non-hydrogen) atoms. The van der Waals surface area contributed by atoms with Crippen molar-refractivity contribution in [2.45, 2.75) is 57.8 Å². The van der Waals surface area contributed by atoms with Crippen LogP contribution in [0.5, 0.6) is 0 Å². The highest BCUT2D eigenvalue weighted by Crippen LogP contribution is 2.23. The van der Waals surface area contributed by atoms with Crippen LogP contribution in [0.3, 0.4) is 0 Å². The number of hydrogen-bond acceptors (Lipinski definition) is 4. The Labute approximate surface area is 179 Å². The molecule has 0 saturated carbocycles. The maximum atomic E-state index is 12.7. The smallest absolute Gasteiger partial charge is 0.340 e. The van der Waals surface area contributed by atoms with Crippen molar-refractivity contribution in [1.29, 1.82) is 0 Å². The Hall–Kier alpha value is -2.77. The topological polar surface area (TPSA) is 52.1 Å². The second kappa shape index (κ2) is 12.2. The first-order valence-electron chi connectivity index (χ1n) is 10.2. The minimum absolute atomic E-state index is 0.568. The van der Waals surface area contributed by atoms with Gasteiger partial charge in [0.15, 0.2) is 12.4 Å². The molecule has 0 aliphatic heterocycles. The number of ether oxygens (including phenoxy) is 1.